The lowest BCUT2D eigenvalue weighted by molar-refractivity contribution is -0.141. The number of halogens is 3. The SMILES string of the molecule is CC1=C(N)CC(N)(c2nccc(C(F)(F)F)n2)C=C1. The maximum Gasteiger partial charge on any atom is 0.433 e. The van der Waals surface area contributed by atoms with Crippen molar-refractivity contribution in [1.82, 2.24) is 9.97 Å². The van der Waals surface area contributed by atoms with E-state index in [9.17, 15) is 13.2 Å². The Morgan fingerprint density at radius 1 is 1.37 bits per heavy atom. The molecule has 4 N–H and O–H groups in total. The highest BCUT2D eigenvalue weighted by Crippen LogP contribution is 2.32. The van der Waals surface area contributed by atoms with Crippen molar-refractivity contribution in [3.05, 3.63) is 47.2 Å². The highest BCUT2D eigenvalue weighted by atomic mass is 19.4. The Labute approximate surface area is 108 Å². The first-order chi connectivity index (χ1) is 8.72. The van der Waals surface area contributed by atoms with Crippen LogP contribution in [0.3, 0.4) is 0 Å². The van der Waals surface area contributed by atoms with Gasteiger partial charge in [0.05, 0.1) is 0 Å². The smallest absolute Gasteiger partial charge is 0.402 e. The van der Waals surface area contributed by atoms with Gasteiger partial charge in [-0.05, 0) is 18.6 Å². The summed E-state index contributed by atoms with van der Waals surface area (Å²) in [7, 11) is 0. The molecule has 0 amide bonds. The van der Waals surface area contributed by atoms with E-state index in [4.69, 9.17) is 11.5 Å². The lowest BCUT2D eigenvalue weighted by Gasteiger charge is -2.28. The van der Waals surface area contributed by atoms with E-state index in [-0.39, 0.29) is 12.2 Å². The number of aromatic nitrogens is 2. The molecule has 1 heterocycles. The van der Waals surface area contributed by atoms with Crippen molar-refractivity contribution in [2.75, 3.05) is 0 Å². The molecule has 2 rings (SSSR count). The molecule has 1 aliphatic carbocycles. The third-order valence-corrected chi connectivity index (χ3v) is 2.98. The molecular formula is C12H13F3N4. The molecule has 1 unspecified atom stereocenters. The Hall–Kier alpha value is -1.89. The van der Waals surface area contributed by atoms with Crippen LogP contribution >= 0.6 is 0 Å². The van der Waals surface area contributed by atoms with E-state index in [2.05, 4.69) is 9.97 Å². The molecule has 0 spiro atoms. The maximum absolute atomic E-state index is 12.6. The van der Waals surface area contributed by atoms with Crippen molar-refractivity contribution in [2.24, 2.45) is 11.5 Å². The minimum absolute atomic E-state index is 0.0889. The average Bonchev–Trinajstić information content (AvgIpc) is 2.34. The van der Waals surface area contributed by atoms with E-state index < -0.39 is 17.4 Å². The normalized spacial score (nSPS) is 23.8. The molecule has 0 radical (unpaired) electrons. The van der Waals surface area contributed by atoms with Crippen LogP contribution in [0, 0.1) is 0 Å². The van der Waals surface area contributed by atoms with Crippen LogP contribution in [0.2, 0.25) is 0 Å². The lowest BCUT2D eigenvalue weighted by Crippen LogP contribution is -2.40. The van der Waals surface area contributed by atoms with Crippen LogP contribution in [0.15, 0.2) is 35.7 Å². The first-order valence-electron chi connectivity index (χ1n) is 5.56. The van der Waals surface area contributed by atoms with Gasteiger partial charge in [-0.2, -0.15) is 13.2 Å². The molecule has 19 heavy (non-hydrogen) atoms. The summed E-state index contributed by atoms with van der Waals surface area (Å²) in [5, 5.41) is 0. The maximum atomic E-state index is 12.6. The zero-order valence-corrected chi connectivity index (χ0v) is 10.2. The molecule has 0 saturated carbocycles. The Morgan fingerprint density at radius 3 is 2.63 bits per heavy atom. The fraction of sp³-hybridized carbons (Fsp3) is 0.333. The molecule has 1 aromatic rings. The summed E-state index contributed by atoms with van der Waals surface area (Å²) in [6, 6.07) is 0.809. The fourth-order valence-corrected chi connectivity index (χ4v) is 1.79. The van der Waals surface area contributed by atoms with Crippen LogP contribution in [-0.2, 0) is 11.7 Å². The molecule has 1 atom stereocenters. The summed E-state index contributed by atoms with van der Waals surface area (Å²) in [5.74, 6) is -0.0889. The molecular weight excluding hydrogens is 257 g/mol. The van der Waals surface area contributed by atoms with Crippen molar-refractivity contribution in [2.45, 2.75) is 25.1 Å². The summed E-state index contributed by atoms with van der Waals surface area (Å²) in [5.41, 5.74) is 11.0. The van der Waals surface area contributed by atoms with Gasteiger partial charge in [0.25, 0.3) is 0 Å². The summed E-state index contributed by atoms with van der Waals surface area (Å²) in [6.45, 7) is 1.80. The van der Waals surface area contributed by atoms with E-state index >= 15 is 0 Å². The van der Waals surface area contributed by atoms with Crippen LogP contribution in [0.1, 0.15) is 24.9 Å². The highest BCUT2D eigenvalue weighted by Gasteiger charge is 2.36. The number of nitrogens with zero attached hydrogens (tertiary/aromatic N) is 2. The number of nitrogens with two attached hydrogens (primary N) is 2. The molecule has 4 nitrogen and oxygen atoms in total. The molecule has 1 aromatic heterocycles. The van der Waals surface area contributed by atoms with Crippen molar-refractivity contribution in [1.29, 1.82) is 0 Å². The van der Waals surface area contributed by atoms with Crippen molar-refractivity contribution in [3.63, 3.8) is 0 Å². The summed E-state index contributed by atoms with van der Waals surface area (Å²) >= 11 is 0. The number of rotatable bonds is 1. The largest absolute Gasteiger partial charge is 0.433 e. The molecule has 1 aliphatic rings. The van der Waals surface area contributed by atoms with Crippen LogP contribution < -0.4 is 11.5 Å². The molecule has 0 fully saturated rings. The molecule has 7 heteroatoms. The quantitative estimate of drug-likeness (QED) is 0.816. The Morgan fingerprint density at radius 2 is 2.05 bits per heavy atom. The molecule has 0 bridgehead atoms. The number of hydrogen-bond donors (Lipinski definition) is 2. The molecule has 0 aromatic carbocycles. The predicted octanol–water partition coefficient (Wildman–Crippen LogP) is 1.84. The third-order valence-electron chi connectivity index (χ3n) is 2.98. The van der Waals surface area contributed by atoms with Gasteiger partial charge in [-0.15, -0.1) is 0 Å². The summed E-state index contributed by atoms with van der Waals surface area (Å²) < 4.78 is 37.8. The first kappa shape index (κ1) is 13.5. The van der Waals surface area contributed by atoms with Crippen LogP contribution in [0.4, 0.5) is 13.2 Å². The second-order valence-electron chi connectivity index (χ2n) is 4.52. The van der Waals surface area contributed by atoms with Crippen LogP contribution in [0.5, 0.6) is 0 Å². The average molecular weight is 270 g/mol. The van der Waals surface area contributed by atoms with E-state index in [1.807, 2.05) is 0 Å². The van der Waals surface area contributed by atoms with Gasteiger partial charge in [-0.1, -0.05) is 12.2 Å². The second-order valence-corrected chi connectivity index (χ2v) is 4.52. The fourth-order valence-electron chi connectivity index (χ4n) is 1.79. The van der Waals surface area contributed by atoms with Crippen molar-refractivity contribution >= 4 is 0 Å². The summed E-state index contributed by atoms with van der Waals surface area (Å²) in [6.07, 6.45) is -0.0357. The molecule has 102 valence electrons. The van der Waals surface area contributed by atoms with E-state index in [1.165, 1.54) is 0 Å². The Balaban J connectivity index is 2.41. The monoisotopic (exact) mass is 270 g/mol. The summed E-state index contributed by atoms with van der Waals surface area (Å²) in [4.78, 5) is 7.35. The minimum Gasteiger partial charge on any atom is -0.402 e. The zero-order chi connectivity index (χ0) is 14.3. The Bertz CT molecular complexity index is 562. The first-order valence-corrected chi connectivity index (χ1v) is 5.56. The molecule has 0 saturated heterocycles. The van der Waals surface area contributed by atoms with E-state index in [0.717, 1.165) is 17.8 Å². The van der Waals surface area contributed by atoms with Gasteiger partial charge in [0.1, 0.15) is 11.2 Å². The number of hydrogen-bond acceptors (Lipinski definition) is 4. The van der Waals surface area contributed by atoms with Gasteiger partial charge in [-0.3, -0.25) is 0 Å². The highest BCUT2D eigenvalue weighted by molar-refractivity contribution is 5.35. The zero-order valence-electron chi connectivity index (χ0n) is 10.2. The van der Waals surface area contributed by atoms with Crippen LogP contribution in [0.25, 0.3) is 0 Å². The number of allylic oxidation sites excluding steroid dienone is 2. The molecule has 0 aliphatic heterocycles. The van der Waals surface area contributed by atoms with Gasteiger partial charge < -0.3 is 11.5 Å². The predicted molar refractivity (Wildman–Crippen MR) is 63.5 cm³/mol. The standard InChI is InChI=1S/C12H13F3N4/c1-7-2-4-11(17,6-8(7)16)10-18-5-3-9(19-10)12(13,14)15/h2-5H,6,16-17H2,1H3. The third kappa shape index (κ3) is 2.60. The Kier molecular flexibility index (Phi) is 3.09. The van der Waals surface area contributed by atoms with Gasteiger partial charge in [0.15, 0.2) is 5.82 Å². The van der Waals surface area contributed by atoms with E-state index in [1.54, 1.807) is 19.1 Å². The van der Waals surface area contributed by atoms with Crippen LogP contribution in [-0.4, -0.2) is 9.97 Å². The number of alkyl halides is 3. The topological polar surface area (TPSA) is 77.8 Å². The lowest BCUT2D eigenvalue weighted by atomic mass is 9.87. The van der Waals surface area contributed by atoms with Gasteiger partial charge in [0.2, 0.25) is 0 Å². The van der Waals surface area contributed by atoms with Gasteiger partial charge >= 0.3 is 6.18 Å². The van der Waals surface area contributed by atoms with Crippen molar-refractivity contribution in [3.8, 4) is 0 Å². The van der Waals surface area contributed by atoms with E-state index in [0.29, 0.717) is 5.70 Å². The minimum atomic E-state index is -4.52. The second kappa shape index (κ2) is 4.34. The van der Waals surface area contributed by atoms with Gasteiger partial charge in [0, 0.05) is 18.3 Å². The van der Waals surface area contributed by atoms with Gasteiger partial charge in [-0.25, -0.2) is 9.97 Å². The van der Waals surface area contributed by atoms with Crippen molar-refractivity contribution < 1.29 is 13.2 Å².